The second kappa shape index (κ2) is 10.9. The van der Waals surface area contributed by atoms with Crippen molar-refractivity contribution in [1.29, 1.82) is 0 Å². The molecule has 2 heterocycles. The zero-order chi connectivity index (χ0) is 24.8. The van der Waals surface area contributed by atoms with Crippen LogP contribution in [0.4, 0.5) is 0 Å². The molecule has 4 rings (SSSR count). The van der Waals surface area contributed by atoms with Crippen molar-refractivity contribution >= 4 is 17.4 Å². The van der Waals surface area contributed by atoms with Gasteiger partial charge < -0.3 is 24.0 Å². The summed E-state index contributed by atoms with van der Waals surface area (Å²) in [4.78, 5) is 31.9. The molecule has 35 heavy (non-hydrogen) atoms. The van der Waals surface area contributed by atoms with Crippen molar-refractivity contribution in [3.05, 3.63) is 84.0 Å². The van der Waals surface area contributed by atoms with Crippen LogP contribution < -0.4 is 9.47 Å². The summed E-state index contributed by atoms with van der Waals surface area (Å²) in [6, 6.07) is 13.4. The number of amides is 1. The van der Waals surface area contributed by atoms with Crippen LogP contribution in [0.1, 0.15) is 36.9 Å². The number of hydrogen-bond acceptors (Lipinski definition) is 6. The fourth-order valence-electron chi connectivity index (χ4n) is 4.24. The first-order chi connectivity index (χ1) is 17.0. The van der Waals surface area contributed by atoms with E-state index in [1.807, 2.05) is 29.8 Å². The second-order valence-corrected chi connectivity index (χ2v) is 8.27. The number of rotatable bonds is 10. The minimum absolute atomic E-state index is 0.0631. The molecule has 1 saturated heterocycles. The van der Waals surface area contributed by atoms with E-state index in [1.54, 1.807) is 56.0 Å². The zero-order valence-electron chi connectivity index (χ0n) is 19.9. The molecule has 0 bridgehead atoms. The third-order valence-electron chi connectivity index (χ3n) is 5.93. The number of ether oxygens (including phenoxy) is 2. The fourth-order valence-corrected chi connectivity index (χ4v) is 4.24. The molecule has 1 aliphatic rings. The minimum Gasteiger partial charge on any atom is -0.507 e. The van der Waals surface area contributed by atoms with Crippen LogP contribution in [0, 0.1) is 0 Å². The van der Waals surface area contributed by atoms with Crippen LogP contribution in [-0.4, -0.2) is 51.5 Å². The van der Waals surface area contributed by atoms with Gasteiger partial charge in [-0.15, -0.1) is 0 Å². The smallest absolute Gasteiger partial charge is 0.295 e. The summed E-state index contributed by atoms with van der Waals surface area (Å²) in [5.74, 6) is -0.457. The van der Waals surface area contributed by atoms with E-state index in [2.05, 4.69) is 4.98 Å². The first kappa shape index (κ1) is 24.1. The van der Waals surface area contributed by atoms with Crippen LogP contribution in [0.15, 0.2) is 72.8 Å². The Labute approximate surface area is 204 Å². The van der Waals surface area contributed by atoms with Crippen LogP contribution in [0.2, 0.25) is 0 Å². The van der Waals surface area contributed by atoms with E-state index < -0.39 is 17.7 Å². The molecule has 0 saturated carbocycles. The van der Waals surface area contributed by atoms with Gasteiger partial charge >= 0.3 is 0 Å². The Bertz CT molecular complexity index is 1200. The van der Waals surface area contributed by atoms with Crippen LogP contribution in [0.5, 0.6) is 11.5 Å². The molecule has 1 fully saturated rings. The quantitative estimate of drug-likeness (QED) is 0.268. The molecule has 1 atom stereocenters. The van der Waals surface area contributed by atoms with E-state index in [4.69, 9.17) is 9.47 Å². The predicted molar refractivity (Wildman–Crippen MR) is 131 cm³/mol. The lowest BCUT2D eigenvalue weighted by Gasteiger charge is -2.26. The van der Waals surface area contributed by atoms with Gasteiger partial charge in [0.2, 0.25) is 0 Å². The summed E-state index contributed by atoms with van der Waals surface area (Å²) < 4.78 is 13.2. The van der Waals surface area contributed by atoms with Crippen LogP contribution >= 0.6 is 0 Å². The molecule has 1 unspecified atom stereocenters. The third-order valence-corrected chi connectivity index (χ3v) is 5.93. The van der Waals surface area contributed by atoms with Crippen molar-refractivity contribution in [2.45, 2.75) is 32.4 Å². The van der Waals surface area contributed by atoms with Gasteiger partial charge in [-0.2, -0.15) is 0 Å². The van der Waals surface area contributed by atoms with Crippen molar-refractivity contribution in [2.75, 3.05) is 20.3 Å². The molecule has 182 valence electrons. The van der Waals surface area contributed by atoms with Gasteiger partial charge in [0.1, 0.15) is 5.76 Å². The Morgan fingerprint density at radius 1 is 1.09 bits per heavy atom. The third kappa shape index (κ3) is 5.06. The number of Topliss-reactive ketones (excluding diaryl/α,β-unsaturated/α-hetero) is 1. The van der Waals surface area contributed by atoms with E-state index in [1.165, 1.54) is 4.90 Å². The fraction of sp³-hybridized carbons (Fsp3) is 0.296. The molecule has 0 aliphatic carbocycles. The number of ketones is 1. The van der Waals surface area contributed by atoms with E-state index in [0.717, 1.165) is 6.42 Å². The lowest BCUT2D eigenvalue weighted by Crippen LogP contribution is -2.31. The van der Waals surface area contributed by atoms with E-state index >= 15 is 0 Å². The summed E-state index contributed by atoms with van der Waals surface area (Å²) in [6.07, 6.45) is 6.71. The Morgan fingerprint density at radius 3 is 2.57 bits per heavy atom. The van der Waals surface area contributed by atoms with Crippen molar-refractivity contribution in [3.8, 4) is 11.5 Å². The number of benzene rings is 2. The minimum atomic E-state index is -0.757. The van der Waals surface area contributed by atoms with Gasteiger partial charge in [0.25, 0.3) is 11.7 Å². The van der Waals surface area contributed by atoms with Crippen molar-refractivity contribution in [2.24, 2.45) is 0 Å². The number of carbonyl (C=O) groups excluding carboxylic acids is 2. The molecule has 1 aliphatic heterocycles. The number of aryl methyl sites for hydroxylation is 1. The molecule has 0 radical (unpaired) electrons. The lowest BCUT2D eigenvalue weighted by atomic mass is 9.95. The molecule has 1 amide bonds. The molecule has 1 aromatic heterocycles. The highest BCUT2D eigenvalue weighted by Gasteiger charge is 2.46. The van der Waals surface area contributed by atoms with E-state index in [-0.39, 0.29) is 11.3 Å². The maximum atomic E-state index is 13.2. The normalized spacial score (nSPS) is 17.1. The second-order valence-electron chi connectivity index (χ2n) is 8.27. The van der Waals surface area contributed by atoms with Crippen molar-refractivity contribution < 1.29 is 24.2 Å². The average molecular weight is 476 g/mol. The summed E-state index contributed by atoms with van der Waals surface area (Å²) in [5, 5.41) is 11.1. The highest BCUT2D eigenvalue weighted by Crippen LogP contribution is 2.42. The topological polar surface area (TPSA) is 93.9 Å². The first-order valence-corrected chi connectivity index (χ1v) is 11.7. The van der Waals surface area contributed by atoms with Gasteiger partial charge in [0, 0.05) is 31.0 Å². The van der Waals surface area contributed by atoms with Gasteiger partial charge in [-0.25, -0.2) is 4.98 Å². The number of carbonyl (C=O) groups is 2. The number of methoxy groups -OCH3 is 1. The Kier molecular flexibility index (Phi) is 7.50. The number of aromatic nitrogens is 2. The molecule has 0 spiro atoms. The highest BCUT2D eigenvalue weighted by molar-refractivity contribution is 6.46. The Hall–Kier alpha value is -4.07. The largest absolute Gasteiger partial charge is 0.507 e. The molecular weight excluding hydrogens is 446 g/mol. The van der Waals surface area contributed by atoms with Gasteiger partial charge in [-0.3, -0.25) is 9.59 Å². The summed E-state index contributed by atoms with van der Waals surface area (Å²) in [6.45, 7) is 3.52. The number of imidazole rings is 1. The summed E-state index contributed by atoms with van der Waals surface area (Å²) in [5.41, 5.74) is 1.20. The van der Waals surface area contributed by atoms with Gasteiger partial charge in [0.05, 0.1) is 31.7 Å². The number of likely N-dealkylation sites (tertiary alicyclic amines) is 1. The van der Waals surface area contributed by atoms with Gasteiger partial charge in [0.15, 0.2) is 11.5 Å². The zero-order valence-corrected chi connectivity index (χ0v) is 19.9. The molecule has 8 heteroatoms. The monoisotopic (exact) mass is 475 g/mol. The standard InChI is InChI=1S/C27H29N3O5/c1-3-16-35-21-11-10-20(17-22(21)34-2)24-23(25(31)19-8-5-4-6-9-19)26(32)27(33)30(24)14-7-13-29-15-12-28-18-29/h4-6,8-12,15,17-18,24,31H,3,7,13-14,16H2,1-2H3. The number of aliphatic hydroxyl groups excluding tert-OH is 1. The number of aliphatic hydroxyl groups is 1. The van der Waals surface area contributed by atoms with Gasteiger partial charge in [-0.1, -0.05) is 43.3 Å². The molecule has 8 nitrogen and oxygen atoms in total. The molecule has 2 aromatic carbocycles. The maximum absolute atomic E-state index is 13.2. The summed E-state index contributed by atoms with van der Waals surface area (Å²) in [7, 11) is 1.55. The molecule has 3 aromatic rings. The first-order valence-electron chi connectivity index (χ1n) is 11.7. The van der Waals surface area contributed by atoms with Crippen LogP contribution in [-0.2, 0) is 16.1 Å². The number of nitrogens with zero attached hydrogens (tertiary/aromatic N) is 3. The average Bonchev–Trinajstić information content (AvgIpc) is 3.50. The van der Waals surface area contributed by atoms with E-state index in [0.29, 0.717) is 48.7 Å². The van der Waals surface area contributed by atoms with Gasteiger partial charge in [-0.05, 0) is 30.5 Å². The molecular formula is C27H29N3O5. The molecule has 1 N–H and O–H groups in total. The van der Waals surface area contributed by atoms with Crippen molar-refractivity contribution in [3.63, 3.8) is 0 Å². The van der Waals surface area contributed by atoms with E-state index in [9.17, 15) is 14.7 Å². The lowest BCUT2D eigenvalue weighted by molar-refractivity contribution is -0.139. The Morgan fingerprint density at radius 2 is 1.89 bits per heavy atom. The number of hydrogen-bond donors (Lipinski definition) is 1. The maximum Gasteiger partial charge on any atom is 0.295 e. The van der Waals surface area contributed by atoms with Crippen LogP contribution in [0.3, 0.4) is 0 Å². The Balaban J connectivity index is 1.74. The SMILES string of the molecule is CCCOc1ccc(C2C(=C(O)c3ccccc3)C(=O)C(=O)N2CCCn2ccnc2)cc1OC. The van der Waals surface area contributed by atoms with Crippen molar-refractivity contribution in [1.82, 2.24) is 14.5 Å². The highest BCUT2D eigenvalue weighted by atomic mass is 16.5. The van der Waals surface area contributed by atoms with Crippen LogP contribution in [0.25, 0.3) is 5.76 Å². The summed E-state index contributed by atoms with van der Waals surface area (Å²) >= 11 is 0. The predicted octanol–water partition coefficient (Wildman–Crippen LogP) is 4.19.